The van der Waals surface area contributed by atoms with Crippen molar-refractivity contribution >= 4 is 17.2 Å². The highest BCUT2D eigenvalue weighted by Crippen LogP contribution is 2.07. The Hall–Kier alpha value is -1.02. The molecule has 2 aromatic rings. The molecule has 56 valence electrons. The van der Waals surface area contributed by atoms with Crippen molar-refractivity contribution in [2.45, 2.75) is 5.88 Å². The fourth-order valence-corrected chi connectivity index (χ4v) is 1.20. The Morgan fingerprint density at radius 3 is 3.18 bits per heavy atom. The van der Waals surface area contributed by atoms with Crippen LogP contribution >= 0.6 is 11.6 Å². The van der Waals surface area contributed by atoms with Crippen LogP contribution in [0, 0.1) is 0 Å². The van der Waals surface area contributed by atoms with Crippen LogP contribution in [-0.2, 0) is 5.88 Å². The summed E-state index contributed by atoms with van der Waals surface area (Å²) >= 11 is 5.66. The molecule has 0 fully saturated rings. The van der Waals surface area contributed by atoms with Crippen molar-refractivity contribution < 1.29 is 0 Å². The van der Waals surface area contributed by atoms with Crippen LogP contribution in [0.2, 0.25) is 0 Å². The molecule has 0 N–H and O–H groups in total. The van der Waals surface area contributed by atoms with Gasteiger partial charge in [-0.05, 0) is 17.7 Å². The molecule has 0 aliphatic rings. The lowest BCUT2D eigenvalue weighted by Crippen LogP contribution is -1.84. The van der Waals surface area contributed by atoms with Gasteiger partial charge in [-0.15, -0.1) is 11.6 Å². The Kier molecular flexibility index (Phi) is 1.55. The number of halogens is 1. The highest BCUT2D eigenvalue weighted by molar-refractivity contribution is 6.17. The highest BCUT2D eigenvalue weighted by atomic mass is 35.5. The van der Waals surface area contributed by atoms with Gasteiger partial charge in [-0.2, -0.15) is 0 Å². The van der Waals surface area contributed by atoms with Crippen molar-refractivity contribution in [1.29, 1.82) is 0 Å². The second-order valence-electron chi connectivity index (χ2n) is 2.36. The van der Waals surface area contributed by atoms with E-state index in [4.69, 9.17) is 11.6 Å². The predicted octanol–water partition coefficient (Wildman–Crippen LogP) is 2.07. The van der Waals surface area contributed by atoms with Crippen molar-refractivity contribution in [3.8, 4) is 0 Å². The second-order valence-corrected chi connectivity index (χ2v) is 2.63. The van der Waals surface area contributed by atoms with E-state index in [1.807, 2.05) is 28.9 Å². The van der Waals surface area contributed by atoms with E-state index >= 15 is 0 Å². The molecule has 0 atom stereocenters. The van der Waals surface area contributed by atoms with Gasteiger partial charge in [0, 0.05) is 24.5 Å². The maximum atomic E-state index is 5.66. The number of hydrogen-bond donors (Lipinski definition) is 0. The molecule has 2 nitrogen and oxygen atoms in total. The van der Waals surface area contributed by atoms with Crippen molar-refractivity contribution in [2.24, 2.45) is 0 Å². The number of imidazole rings is 1. The van der Waals surface area contributed by atoms with Gasteiger partial charge in [0.1, 0.15) is 5.65 Å². The Balaban J connectivity index is 2.67. The number of nitrogens with zero attached hydrogens (tertiary/aromatic N) is 2. The summed E-state index contributed by atoms with van der Waals surface area (Å²) in [5.74, 6) is 0.545. The van der Waals surface area contributed by atoms with Crippen molar-refractivity contribution in [1.82, 2.24) is 9.38 Å². The van der Waals surface area contributed by atoms with E-state index in [0.717, 1.165) is 11.2 Å². The van der Waals surface area contributed by atoms with Gasteiger partial charge in [0.15, 0.2) is 0 Å². The zero-order valence-corrected chi connectivity index (χ0v) is 6.62. The van der Waals surface area contributed by atoms with Crippen molar-refractivity contribution in [3.05, 3.63) is 36.3 Å². The van der Waals surface area contributed by atoms with Gasteiger partial charge in [0.25, 0.3) is 0 Å². The minimum absolute atomic E-state index is 0.545. The van der Waals surface area contributed by atoms with Crippen LogP contribution < -0.4 is 0 Å². The zero-order chi connectivity index (χ0) is 7.68. The lowest BCUT2D eigenvalue weighted by Gasteiger charge is -1.95. The molecule has 0 spiro atoms. The summed E-state index contributed by atoms with van der Waals surface area (Å²) in [5, 5.41) is 0. The average molecular weight is 167 g/mol. The molecule has 0 amide bonds. The summed E-state index contributed by atoms with van der Waals surface area (Å²) in [5.41, 5.74) is 2.05. The van der Waals surface area contributed by atoms with Gasteiger partial charge in [0.05, 0.1) is 0 Å². The summed E-state index contributed by atoms with van der Waals surface area (Å²) < 4.78 is 1.95. The number of pyridine rings is 1. The number of rotatable bonds is 1. The van der Waals surface area contributed by atoms with Gasteiger partial charge in [-0.25, -0.2) is 4.98 Å². The Morgan fingerprint density at radius 2 is 2.36 bits per heavy atom. The Labute approximate surface area is 69.4 Å². The van der Waals surface area contributed by atoms with E-state index in [1.165, 1.54) is 0 Å². The van der Waals surface area contributed by atoms with Gasteiger partial charge >= 0.3 is 0 Å². The molecule has 11 heavy (non-hydrogen) atoms. The molecule has 0 unspecified atom stereocenters. The molecule has 0 aliphatic heterocycles. The summed E-state index contributed by atoms with van der Waals surface area (Å²) in [4.78, 5) is 4.13. The van der Waals surface area contributed by atoms with Gasteiger partial charge in [-0.3, -0.25) is 0 Å². The predicted molar refractivity (Wildman–Crippen MR) is 44.7 cm³/mol. The lowest BCUT2D eigenvalue weighted by atomic mass is 10.3. The van der Waals surface area contributed by atoms with Crippen molar-refractivity contribution in [3.63, 3.8) is 0 Å². The minimum Gasteiger partial charge on any atom is -0.307 e. The standard InChI is InChI=1S/C8H7ClN2/c9-6-7-1-3-11-4-2-10-8(11)5-7/h1-5H,6H2. The van der Waals surface area contributed by atoms with E-state index in [1.54, 1.807) is 6.20 Å². The average Bonchev–Trinajstić information content (AvgIpc) is 2.50. The fraction of sp³-hybridized carbons (Fsp3) is 0.125. The number of alkyl halides is 1. The smallest absolute Gasteiger partial charge is 0.136 e. The molecule has 0 aromatic carbocycles. The Morgan fingerprint density at radius 1 is 1.45 bits per heavy atom. The topological polar surface area (TPSA) is 17.3 Å². The molecule has 0 aliphatic carbocycles. The molecule has 2 aromatic heterocycles. The van der Waals surface area contributed by atoms with E-state index in [9.17, 15) is 0 Å². The zero-order valence-electron chi connectivity index (χ0n) is 5.87. The summed E-state index contributed by atoms with van der Waals surface area (Å²) in [6.07, 6.45) is 5.64. The maximum absolute atomic E-state index is 5.66. The third-order valence-corrected chi connectivity index (χ3v) is 1.93. The molecule has 0 radical (unpaired) electrons. The van der Waals surface area contributed by atoms with Crippen LogP contribution in [0.5, 0.6) is 0 Å². The molecular formula is C8H7ClN2. The van der Waals surface area contributed by atoms with Crippen LogP contribution in [-0.4, -0.2) is 9.38 Å². The molecule has 0 bridgehead atoms. The maximum Gasteiger partial charge on any atom is 0.136 e. The van der Waals surface area contributed by atoms with Gasteiger partial charge < -0.3 is 4.40 Å². The first-order chi connectivity index (χ1) is 5.40. The van der Waals surface area contributed by atoms with Crippen LogP contribution in [0.15, 0.2) is 30.7 Å². The van der Waals surface area contributed by atoms with E-state index in [0.29, 0.717) is 5.88 Å². The van der Waals surface area contributed by atoms with Gasteiger partial charge in [-0.1, -0.05) is 0 Å². The first-order valence-electron chi connectivity index (χ1n) is 3.38. The molecule has 0 saturated heterocycles. The van der Waals surface area contributed by atoms with Crippen molar-refractivity contribution in [2.75, 3.05) is 0 Å². The fourth-order valence-electron chi connectivity index (χ4n) is 1.04. The molecule has 2 heterocycles. The van der Waals surface area contributed by atoms with E-state index < -0.39 is 0 Å². The third kappa shape index (κ3) is 1.10. The first-order valence-corrected chi connectivity index (χ1v) is 3.91. The summed E-state index contributed by atoms with van der Waals surface area (Å²) in [6, 6.07) is 3.97. The largest absolute Gasteiger partial charge is 0.307 e. The van der Waals surface area contributed by atoms with E-state index in [-0.39, 0.29) is 0 Å². The summed E-state index contributed by atoms with van der Waals surface area (Å²) in [7, 11) is 0. The first kappa shape index (κ1) is 6.68. The molecule has 2 rings (SSSR count). The quantitative estimate of drug-likeness (QED) is 0.593. The third-order valence-electron chi connectivity index (χ3n) is 1.62. The molecule has 0 saturated carbocycles. The highest BCUT2D eigenvalue weighted by Gasteiger charge is 1.93. The van der Waals surface area contributed by atoms with E-state index in [2.05, 4.69) is 4.98 Å². The minimum atomic E-state index is 0.545. The number of hydrogen-bond acceptors (Lipinski definition) is 1. The second kappa shape index (κ2) is 2.55. The monoisotopic (exact) mass is 166 g/mol. The lowest BCUT2D eigenvalue weighted by molar-refractivity contribution is 1.16. The van der Waals surface area contributed by atoms with Crippen LogP contribution in [0.3, 0.4) is 0 Å². The number of aromatic nitrogens is 2. The van der Waals surface area contributed by atoms with Crippen LogP contribution in [0.1, 0.15) is 5.56 Å². The molecular weight excluding hydrogens is 160 g/mol. The van der Waals surface area contributed by atoms with Gasteiger partial charge in [0.2, 0.25) is 0 Å². The SMILES string of the molecule is ClCc1ccn2ccnc2c1. The normalized spacial score (nSPS) is 10.6. The van der Waals surface area contributed by atoms with Crippen LogP contribution in [0.25, 0.3) is 5.65 Å². The van der Waals surface area contributed by atoms with Crippen LogP contribution in [0.4, 0.5) is 0 Å². The molecule has 3 heteroatoms. The summed E-state index contributed by atoms with van der Waals surface area (Å²) in [6.45, 7) is 0. The number of fused-ring (bicyclic) bond motifs is 1. The Bertz CT molecular complexity index is 367.